The largest absolute Gasteiger partial charge is 0.508 e. The summed E-state index contributed by atoms with van der Waals surface area (Å²) in [6.45, 7) is 3.96. The number of carbonyl (C=O) groups excluding carboxylic acids is 2. The van der Waals surface area contributed by atoms with Gasteiger partial charge in [-0.05, 0) is 38.1 Å². The van der Waals surface area contributed by atoms with E-state index in [1.54, 1.807) is 24.3 Å². The zero-order valence-electron chi connectivity index (χ0n) is 14.2. The second-order valence-corrected chi connectivity index (χ2v) is 4.60. The summed E-state index contributed by atoms with van der Waals surface area (Å²) < 4.78 is 4.87. The number of hydrogen-bond donors (Lipinski definition) is 2. The van der Waals surface area contributed by atoms with Crippen molar-refractivity contribution in [3.05, 3.63) is 59.7 Å². The quantitative estimate of drug-likeness (QED) is 0.603. The molecule has 0 radical (unpaired) electrons. The molecule has 2 rings (SSSR count). The summed E-state index contributed by atoms with van der Waals surface area (Å²) in [5.74, 6) is 0.885. The summed E-state index contributed by atoms with van der Waals surface area (Å²) in [6.07, 6.45) is 0.860. The van der Waals surface area contributed by atoms with Gasteiger partial charge in [-0.15, -0.1) is 0 Å². The second-order valence-electron chi connectivity index (χ2n) is 4.60. The van der Waals surface area contributed by atoms with E-state index in [2.05, 4.69) is 10.3 Å². The number of isocyanates is 1. The third kappa shape index (κ3) is 13.1. The van der Waals surface area contributed by atoms with Crippen molar-refractivity contribution in [2.24, 2.45) is 4.99 Å². The fourth-order valence-corrected chi connectivity index (χ4v) is 1.31. The van der Waals surface area contributed by atoms with Crippen LogP contribution >= 0.6 is 0 Å². The van der Waals surface area contributed by atoms with Crippen molar-refractivity contribution >= 4 is 12.2 Å². The van der Waals surface area contributed by atoms with E-state index in [9.17, 15) is 4.79 Å². The zero-order chi connectivity index (χ0) is 18.4. The van der Waals surface area contributed by atoms with Gasteiger partial charge in [0, 0.05) is 14.1 Å². The molecule has 2 aromatic carbocycles. The van der Waals surface area contributed by atoms with Crippen molar-refractivity contribution in [2.45, 2.75) is 21.3 Å². The Morgan fingerprint density at radius 2 is 1.44 bits per heavy atom. The summed E-state index contributed by atoms with van der Waals surface area (Å²) in [6, 6.07) is 14.4. The lowest BCUT2D eigenvalue weighted by Gasteiger charge is -2.02. The highest BCUT2D eigenvalue weighted by Gasteiger charge is 1.98. The Balaban J connectivity index is 0. The zero-order valence-corrected chi connectivity index (χ0v) is 14.2. The molecule has 0 aromatic heterocycles. The van der Waals surface area contributed by atoms with Crippen LogP contribution in [0.4, 0.5) is 4.79 Å². The van der Waals surface area contributed by atoms with Crippen LogP contribution in [-0.2, 0) is 4.79 Å². The van der Waals surface area contributed by atoms with Gasteiger partial charge in [0.25, 0.3) is 0 Å². The van der Waals surface area contributed by atoms with Crippen molar-refractivity contribution < 1.29 is 19.4 Å². The van der Waals surface area contributed by atoms with Gasteiger partial charge in [-0.1, -0.05) is 42.8 Å². The molecular formula is C19H26N2O4. The van der Waals surface area contributed by atoms with Crippen LogP contribution in [0.3, 0.4) is 0 Å². The third-order valence-electron chi connectivity index (χ3n) is 2.56. The number of carbonyl (C=O) groups is 1. The fraction of sp³-hybridized carbons (Fsp3) is 0.263. The van der Waals surface area contributed by atoms with Crippen LogP contribution in [-0.4, -0.2) is 31.4 Å². The molecule has 1 amide bonds. The highest BCUT2D eigenvalue weighted by molar-refractivity contribution is 5.69. The van der Waals surface area contributed by atoms with E-state index < -0.39 is 6.09 Å². The lowest BCUT2D eigenvalue weighted by molar-refractivity contribution is 0.203. The average molecular weight is 346 g/mol. The Bertz CT molecular complexity index is 625. The molecule has 0 unspecified atom stereocenters. The monoisotopic (exact) mass is 346 g/mol. The van der Waals surface area contributed by atoms with E-state index in [0.29, 0.717) is 11.5 Å². The predicted octanol–water partition coefficient (Wildman–Crippen LogP) is 4.00. The summed E-state index contributed by atoms with van der Waals surface area (Å²) in [5, 5.41) is 11.1. The molecule has 2 N–H and O–H groups in total. The minimum atomic E-state index is -0.446. The fourth-order valence-electron chi connectivity index (χ4n) is 1.31. The Morgan fingerprint density at radius 3 is 1.76 bits per heavy atom. The molecule has 136 valence electrons. The SMILES string of the molecule is C.CN=C=O.CNC(=O)Oc1ccc(C)cc1.Cc1ccc(O)cc1. The molecule has 0 bridgehead atoms. The molecule has 25 heavy (non-hydrogen) atoms. The molecule has 0 aliphatic carbocycles. The number of ether oxygens (including phenoxy) is 1. The standard InChI is InChI=1S/C9H11NO2.C7H8O.C2H3NO.CH4/c1-7-3-5-8(6-4-7)12-9(11)10-2;1-6-2-4-7(8)5-3-6;1-3-2-4;/h3-6H,1-2H3,(H,10,11);2-5,8H,1H3;1H3;1H4. The lowest BCUT2D eigenvalue weighted by Crippen LogP contribution is -2.21. The summed E-state index contributed by atoms with van der Waals surface area (Å²) in [7, 11) is 2.91. The number of phenolic OH excluding ortho intramolecular Hbond substituents is 1. The molecule has 0 atom stereocenters. The van der Waals surface area contributed by atoms with Crippen LogP contribution in [0.25, 0.3) is 0 Å². The Morgan fingerprint density at radius 1 is 1.04 bits per heavy atom. The van der Waals surface area contributed by atoms with Gasteiger partial charge in [0.05, 0.1) is 0 Å². The van der Waals surface area contributed by atoms with E-state index in [-0.39, 0.29) is 7.43 Å². The number of aliphatic imine (C=N–C) groups is 1. The Hall–Kier alpha value is -3.11. The second kappa shape index (κ2) is 14.5. The van der Waals surface area contributed by atoms with Gasteiger partial charge in [0.15, 0.2) is 0 Å². The number of rotatable bonds is 1. The highest BCUT2D eigenvalue weighted by Crippen LogP contribution is 2.11. The van der Waals surface area contributed by atoms with Gasteiger partial charge in [0.2, 0.25) is 6.08 Å². The minimum absolute atomic E-state index is 0. The van der Waals surface area contributed by atoms with E-state index >= 15 is 0 Å². The number of benzene rings is 2. The maximum absolute atomic E-state index is 10.7. The molecule has 0 aliphatic rings. The third-order valence-corrected chi connectivity index (χ3v) is 2.56. The lowest BCUT2D eigenvalue weighted by atomic mass is 10.2. The van der Waals surface area contributed by atoms with Crippen LogP contribution in [0.15, 0.2) is 53.5 Å². The van der Waals surface area contributed by atoms with Crippen molar-refractivity contribution in [2.75, 3.05) is 14.1 Å². The highest BCUT2D eigenvalue weighted by atomic mass is 16.5. The molecule has 0 aliphatic heterocycles. The van der Waals surface area contributed by atoms with Gasteiger partial charge in [-0.25, -0.2) is 14.6 Å². The van der Waals surface area contributed by atoms with Gasteiger partial charge in [-0.3, -0.25) is 0 Å². The number of amides is 1. The first-order chi connectivity index (χ1) is 11.4. The molecule has 0 fully saturated rings. The molecule has 0 heterocycles. The summed E-state index contributed by atoms with van der Waals surface area (Å²) in [4.78, 5) is 22.5. The number of nitrogens with zero attached hydrogens (tertiary/aromatic N) is 1. The van der Waals surface area contributed by atoms with Crippen molar-refractivity contribution in [3.63, 3.8) is 0 Å². The number of phenols is 1. The van der Waals surface area contributed by atoms with E-state index in [1.807, 2.05) is 38.1 Å². The first-order valence-electron chi connectivity index (χ1n) is 7.10. The number of aromatic hydroxyl groups is 1. The first-order valence-corrected chi connectivity index (χ1v) is 7.10. The Labute approximate surface area is 149 Å². The summed E-state index contributed by atoms with van der Waals surface area (Å²) in [5.41, 5.74) is 2.31. The van der Waals surface area contributed by atoms with Gasteiger partial charge in [0.1, 0.15) is 11.5 Å². The number of hydrogen-bond acceptors (Lipinski definition) is 5. The Kier molecular flexibility index (Phi) is 14.0. The van der Waals surface area contributed by atoms with E-state index in [0.717, 1.165) is 5.56 Å². The van der Waals surface area contributed by atoms with Crippen LogP contribution in [0.1, 0.15) is 18.6 Å². The normalized spacial score (nSPS) is 8.00. The first kappa shape index (κ1) is 24.1. The molecule has 0 saturated carbocycles. The molecule has 0 saturated heterocycles. The number of aryl methyl sites for hydroxylation is 2. The molecular weight excluding hydrogens is 320 g/mol. The van der Waals surface area contributed by atoms with Crippen LogP contribution in [0.5, 0.6) is 11.5 Å². The van der Waals surface area contributed by atoms with Crippen LogP contribution in [0.2, 0.25) is 0 Å². The predicted molar refractivity (Wildman–Crippen MR) is 99.9 cm³/mol. The van der Waals surface area contributed by atoms with Crippen molar-refractivity contribution in [1.82, 2.24) is 5.32 Å². The molecule has 0 spiro atoms. The van der Waals surface area contributed by atoms with Crippen molar-refractivity contribution in [1.29, 1.82) is 0 Å². The maximum atomic E-state index is 10.7. The van der Waals surface area contributed by atoms with Crippen LogP contribution < -0.4 is 10.1 Å². The number of nitrogens with one attached hydrogen (secondary N) is 1. The molecule has 2 aromatic rings. The minimum Gasteiger partial charge on any atom is -0.508 e. The van der Waals surface area contributed by atoms with E-state index in [4.69, 9.17) is 14.6 Å². The van der Waals surface area contributed by atoms with Gasteiger partial charge in [-0.2, -0.15) is 0 Å². The smallest absolute Gasteiger partial charge is 0.412 e. The molecule has 6 heteroatoms. The topological polar surface area (TPSA) is 88.0 Å². The summed E-state index contributed by atoms with van der Waals surface area (Å²) >= 11 is 0. The molecule has 6 nitrogen and oxygen atoms in total. The average Bonchev–Trinajstić information content (AvgIpc) is 2.60. The van der Waals surface area contributed by atoms with Gasteiger partial charge >= 0.3 is 6.09 Å². The van der Waals surface area contributed by atoms with Gasteiger partial charge < -0.3 is 15.2 Å². The maximum Gasteiger partial charge on any atom is 0.412 e. The van der Waals surface area contributed by atoms with E-state index in [1.165, 1.54) is 25.7 Å². The van der Waals surface area contributed by atoms with Crippen LogP contribution in [0, 0.1) is 13.8 Å². The van der Waals surface area contributed by atoms with Crippen molar-refractivity contribution in [3.8, 4) is 11.5 Å².